The number of anilines is 2. The monoisotopic (exact) mass is 477 g/mol. The number of nitrogens with zero attached hydrogens (tertiary/aromatic N) is 1. The van der Waals surface area contributed by atoms with Crippen molar-refractivity contribution < 1.29 is 14.3 Å². The van der Waals surface area contributed by atoms with Gasteiger partial charge in [-0.3, -0.25) is 4.79 Å². The molecule has 8 heteroatoms. The first-order valence-electron chi connectivity index (χ1n) is 10.7. The van der Waals surface area contributed by atoms with E-state index in [9.17, 15) is 14.7 Å². The zero-order chi connectivity index (χ0) is 24.6. The van der Waals surface area contributed by atoms with Crippen LogP contribution in [0.5, 0.6) is 0 Å². The van der Waals surface area contributed by atoms with Crippen molar-refractivity contribution in [1.82, 2.24) is 4.98 Å². The number of fused-ring (bicyclic) bond motifs is 1. The Hall–Kier alpha value is -3.84. The number of hydrogen-bond donors (Lipinski definition) is 3. The van der Waals surface area contributed by atoms with Crippen molar-refractivity contribution in [3.63, 3.8) is 0 Å². The topological polar surface area (TPSA) is 104 Å². The summed E-state index contributed by atoms with van der Waals surface area (Å²) in [6.45, 7) is 5.53. The van der Waals surface area contributed by atoms with Gasteiger partial charge in [-0.2, -0.15) is 0 Å². The van der Waals surface area contributed by atoms with Crippen LogP contribution in [-0.4, -0.2) is 23.1 Å². The lowest BCUT2D eigenvalue weighted by molar-refractivity contribution is 0.0691. The normalized spacial score (nSPS) is 11.9. The van der Waals surface area contributed by atoms with Crippen LogP contribution in [0.3, 0.4) is 0 Å². The second-order valence-electron chi connectivity index (χ2n) is 8.14. The molecule has 0 bridgehead atoms. The third-order valence-electron chi connectivity index (χ3n) is 5.73. The number of aryl methyl sites for hydroxylation is 1. The average Bonchev–Trinajstić information content (AvgIpc) is 2.82. The number of aromatic nitrogens is 1. The highest BCUT2D eigenvalue weighted by Crippen LogP contribution is 2.33. The smallest absolute Gasteiger partial charge is 0.356 e. The quantitative estimate of drug-likeness (QED) is 0.291. The van der Waals surface area contributed by atoms with E-state index in [0.717, 1.165) is 22.4 Å². The third-order valence-corrected chi connectivity index (χ3v) is 5.94. The summed E-state index contributed by atoms with van der Waals surface area (Å²) in [6, 6.07) is 14.1. The van der Waals surface area contributed by atoms with Crippen molar-refractivity contribution in [2.24, 2.45) is 0 Å². The van der Waals surface area contributed by atoms with Crippen molar-refractivity contribution in [3.05, 3.63) is 86.3 Å². The Morgan fingerprint density at radius 1 is 1.12 bits per heavy atom. The van der Waals surface area contributed by atoms with Crippen molar-refractivity contribution in [3.8, 4) is 11.3 Å². The van der Waals surface area contributed by atoms with Gasteiger partial charge in [0.2, 0.25) is 0 Å². The number of nitrogens with one attached hydrogen (secondary N) is 2. The highest BCUT2D eigenvalue weighted by molar-refractivity contribution is 6.29. The molecule has 7 nitrogen and oxygen atoms in total. The minimum Gasteiger partial charge on any atom is -0.476 e. The Morgan fingerprint density at radius 2 is 1.82 bits per heavy atom. The lowest BCUT2D eigenvalue weighted by Gasteiger charge is -2.19. The van der Waals surface area contributed by atoms with E-state index in [1.807, 2.05) is 57.3 Å². The highest BCUT2D eigenvalue weighted by Gasteiger charge is 2.21. The zero-order valence-electron chi connectivity index (χ0n) is 19.2. The summed E-state index contributed by atoms with van der Waals surface area (Å²) in [5, 5.41) is 16.4. The molecule has 1 atom stereocenters. The molecule has 0 spiro atoms. The first-order valence-corrected chi connectivity index (χ1v) is 11.1. The summed E-state index contributed by atoms with van der Waals surface area (Å²) >= 11 is 5.88. The molecule has 0 saturated carbocycles. The molecule has 4 aromatic rings. The lowest BCUT2D eigenvalue weighted by atomic mass is 9.98. The minimum absolute atomic E-state index is 0.0898. The van der Waals surface area contributed by atoms with E-state index >= 15 is 0 Å². The van der Waals surface area contributed by atoms with E-state index < -0.39 is 12.0 Å². The minimum atomic E-state index is -1.19. The molecule has 0 amide bonds. The number of hydrogen-bond acceptors (Lipinski definition) is 6. The standard InChI is InChI=1S/C26H24ClN3O4/c1-13-11-18(15(3)29-20-9-10-21(27)30-22(20)26(32)33)25-19(12-13)23(31)14(2)24(34-25)16-5-7-17(28-4)8-6-16/h5-12,15,28-29H,1-4H3,(H,32,33)/t15-/m1/s1. The number of carboxylic acids is 1. The van der Waals surface area contributed by atoms with Gasteiger partial charge in [0.05, 0.1) is 17.1 Å². The van der Waals surface area contributed by atoms with Crippen molar-refractivity contribution in [2.45, 2.75) is 26.8 Å². The van der Waals surface area contributed by atoms with Crippen LogP contribution in [0.2, 0.25) is 5.15 Å². The van der Waals surface area contributed by atoms with E-state index in [0.29, 0.717) is 28.0 Å². The van der Waals surface area contributed by atoms with Crippen molar-refractivity contribution >= 4 is 39.9 Å². The molecule has 0 fully saturated rings. The Balaban J connectivity index is 1.87. The maximum absolute atomic E-state index is 13.3. The molecule has 0 radical (unpaired) electrons. The SMILES string of the molecule is CNc1ccc(-c2oc3c([C@@H](C)Nc4ccc(Cl)nc4C(=O)O)cc(C)cc3c(=O)c2C)cc1. The molecular weight excluding hydrogens is 454 g/mol. The Bertz CT molecular complexity index is 1460. The number of carbonyl (C=O) groups is 1. The summed E-state index contributed by atoms with van der Waals surface area (Å²) in [5.41, 5.74) is 4.36. The fourth-order valence-corrected chi connectivity index (χ4v) is 4.13. The summed E-state index contributed by atoms with van der Waals surface area (Å²) in [5.74, 6) is -0.697. The first kappa shape index (κ1) is 23.3. The summed E-state index contributed by atoms with van der Waals surface area (Å²) in [7, 11) is 1.84. The second-order valence-corrected chi connectivity index (χ2v) is 8.53. The molecule has 0 saturated heterocycles. The van der Waals surface area contributed by atoms with Crippen molar-refractivity contribution in [2.75, 3.05) is 17.7 Å². The van der Waals surface area contributed by atoms with Gasteiger partial charge in [0.25, 0.3) is 0 Å². The van der Waals surface area contributed by atoms with Gasteiger partial charge in [-0.25, -0.2) is 9.78 Å². The highest BCUT2D eigenvalue weighted by atomic mass is 35.5. The molecule has 34 heavy (non-hydrogen) atoms. The summed E-state index contributed by atoms with van der Waals surface area (Å²) < 4.78 is 6.36. The van der Waals surface area contributed by atoms with E-state index in [-0.39, 0.29) is 16.3 Å². The molecule has 2 aromatic heterocycles. The predicted octanol–water partition coefficient (Wildman–Crippen LogP) is 6.04. The van der Waals surface area contributed by atoms with Crippen LogP contribution in [-0.2, 0) is 0 Å². The number of pyridine rings is 1. The van der Waals surface area contributed by atoms with Gasteiger partial charge in [0, 0.05) is 29.4 Å². The van der Waals surface area contributed by atoms with E-state index in [1.165, 1.54) is 6.07 Å². The predicted molar refractivity (Wildman–Crippen MR) is 135 cm³/mol. The first-order chi connectivity index (χ1) is 16.2. The van der Waals surface area contributed by atoms with Gasteiger partial charge >= 0.3 is 5.97 Å². The Labute approximate surface area is 201 Å². The number of halogens is 1. The molecule has 2 heterocycles. The van der Waals surface area contributed by atoms with Gasteiger partial charge in [0.1, 0.15) is 16.5 Å². The molecule has 174 valence electrons. The largest absolute Gasteiger partial charge is 0.476 e. The molecule has 0 aliphatic heterocycles. The van der Waals surface area contributed by atoms with E-state index in [1.54, 1.807) is 13.0 Å². The fourth-order valence-electron chi connectivity index (χ4n) is 3.98. The number of benzene rings is 2. The molecule has 4 rings (SSSR count). The molecule has 0 unspecified atom stereocenters. The molecule has 0 aliphatic rings. The van der Waals surface area contributed by atoms with Crippen LogP contribution < -0.4 is 16.1 Å². The van der Waals surface area contributed by atoms with E-state index in [4.69, 9.17) is 16.0 Å². The van der Waals surface area contributed by atoms with Gasteiger partial charge in [-0.05, 0) is 68.8 Å². The molecular formula is C26H24ClN3O4. The number of rotatable bonds is 6. The van der Waals surface area contributed by atoms with Gasteiger partial charge < -0.3 is 20.2 Å². The van der Waals surface area contributed by atoms with Crippen LogP contribution in [0.4, 0.5) is 11.4 Å². The summed E-state index contributed by atoms with van der Waals surface area (Å²) in [6.07, 6.45) is 0. The van der Waals surface area contributed by atoms with Crippen LogP contribution in [0.1, 0.15) is 40.1 Å². The lowest BCUT2D eigenvalue weighted by Crippen LogP contribution is -2.14. The van der Waals surface area contributed by atoms with Gasteiger partial charge in [-0.15, -0.1) is 0 Å². The average molecular weight is 478 g/mol. The van der Waals surface area contributed by atoms with Gasteiger partial charge in [-0.1, -0.05) is 17.7 Å². The maximum Gasteiger partial charge on any atom is 0.356 e. The Morgan fingerprint density at radius 3 is 2.47 bits per heavy atom. The van der Waals surface area contributed by atoms with Gasteiger partial charge in [0.15, 0.2) is 11.1 Å². The zero-order valence-corrected chi connectivity index (χ0v) is 19.9. The van der Waals surface area contributed by atoms with Crippen LogP contribution in [0.25, 0.3) is 22.3 Å². The van der Waals surface area contributed by atoms with Crippen LogP contribution in [0.15, 0.2) is 57.7 Å². The molecule has 3 N–H and O–H groups in total. The fraction of sp³-hybridized carbons (Fsp3) is 0.192. The van der Waals surface area contributed by atoms with E-state index in [2.05, 4.69) is 15.6 Å². The second kappa shape index (κ2) is 9.19. The summed E-state index contributed by atoms with van der Waals surface area (Å²) in [4.78, 5) is 28.9. The number of carboxylic acid groups (broad SMARTS) is 1. The Kier molecular flexibility index (Phi) is 6.30. The van der Waals surface area contributed by atoms with Crippen molar-refractivity contribution in [1.29, 1.82) is 0 Å². The molecule has 0 aliphatic carbocycles. The maximum atomic E-state index is 13.3. The molecule has 2 aromatic carbocycles. The van der Waals surface area contributed by atoms with Crippen LogP contribution in [0, 0.1) is 13.8 Å². The number of aromatic carboxylic acids is 1. The van der Waals surface area contributed by atoms with Crippen LogP contribution >= 0.6 is 11.6 Å². The third kappa shape index (κ3) is 4.34.